The van der Waals surface area contributed by atoms with Gasteiger partial charge in [0.1, 0.15) is 0 Å². The lowest BCUT2D eigenvalue weighted by Gasteiger charge is -2.53. The molecule has 2 aliphatic heterocycles. The molecule has 416 valence electrons. The van der Waals surface area contributed by atoms with Gasteiger partial charge in [0.05, 0.1) is 33.7 Å². The second-order valence-corrected chi connectivity index (χ2v) is 27.7. The van der Waals surface area contributed by atoms with Crippen LogP contribution in [-0.4, -0.2) is 17.3 Å². The lowest BCUT2D eigenvalue weighted by molar-refractivity contribution is 0.220. The van der Waals surface area contributed by atoms with Crippen molar-refractivity contribution in [2.45, 2.75) is 137 Å². The minimum absolute atomic E-state index is 0.0259. The Bertz CT molecular complexity index is 4440. The lowest BCUT2D eigenvalue weighted by Crippen LogP contribution is -2.64. The topological polar surface area (TPSA) is 11.4 Å². The van der Waals surface area contributed by atoms with Gasteiger partial charge in [0, 0.05) is 56.3 Å². The van der Waals surface area contributed by atoms with E-state index in [-0.39, 0.29) is 80.9 Å². The fraction of sp³-hybridized carbons (Fsp3) is 0.316. The van der Waals surface area contributed by atoms with Gasteiger partial charge in [-0.25, -0.2) is 0 Å². The summed E-state index contributed by atoms with van der Waals surface area (Å²) >= 11 is 0. The van der Waals surface area contributed by atoms with Gasteiger partial charge in [0.25, 0.3) is 6.71 Å². The molecule has 0 spiro atoms. The monoisotopic (exact) mass is 1090 g/mol. The predicted octanol–water partition coefficient (Wildman–Crippen LogP) is 19.6. The Morgan fingerprint density at radius 1 is 0.590 bits per heavy atom. The van der Waals surface area contributed by atoms with Crippen LogP contribution in [0.1, 0.15) is 141 Å². The zero-order valence-electron chi connectivity index (χ0n) is 58.2. The van der Waals surface area contributed by atoms with Crippen LogP contribution < -0.4 is 26.2 Å². The third-order valence-corrected chi connectivity index (χ3v) is 19.3. The number of allylic oxidation sites excluding steroid dienone is 4. The van der Waals surface area contributed by atoms with E-state index in [1.807, 2.05) is 6.07 Å². The summed E-state index contributed by atoms with van der Waals surface area (Å²) in [4.78, 5) is 5.39. The van der Waals surface area contributed by atoms with Crippen LogP contribution in [0.15, 0.2) is 205 Å². The van der Waals surface area contributed by atoms with Crippen molar-refractivity contribution in [2.75, 3.05) is 9.80 Å². The van der Waals surface area contributed by atoms with E-state index in [0.717, 1.165) is 83.3 Å². The minimum Gasteiger partial charge on any atom is -0.334 e. The summed E-state index contributed by atoms with van der Waals surface area (Å²) in [7, 11) is 0. The Labute approximate surface area is 506 Å². The van der Waals surface area contributed by atoms with Crippen LogP contribution in [0.25, 0.3) is 49.7 Å². The molecule has 3 heterocycles. The number of fused-ring (bicyclic) bond motifs is 7. The summed E-state index contributed by atoms with van der Waals surface area (Å²) in [6.07, 6.45) is 19.1. The number of nitrogens with zero attached hydrogens (tertiary/aromatic N) is 3. The first-order chi connectivity index (χ1) is 43.3. The van der Waals surface area contributed by atoms with E-state index >= 15 is 0 Å². The van der Waals surface area contributed by atoms with Crippen LogP contribution in [0, 0.1) is 30.1 Å². The zero-order valence-corrected chi connectivity index (χ0v) is 50.2. The van der Waals surface area contributed by atoms with E-state index < -0.39 is 24.2 Å². The first-order valence-corrected chi connectivity index (χ1v) is 30.7. The number of aromatic nitrogens is 1. The summed E-state index contributed by atoms with van der Waals surface area (Å²) in [5.74, 6) is 1.03. The molecule has 5 aliphatic rings. The number of anilines is 5. The number of rotatable bonds is 7. The molecule has 0 bridgehead atoms. The molecule has 0 saturated carbocycles. The van der Waals surface area contributed by atoms with E-state index in [4.69, 9.17) is 5.48 Å². The molecule has 0 radical (unpaired) electrons. The van der Waals surface area contributed by atoms with Crippen molar-refractivity contribution >= 4 is 73.3 Å². The van der Waals surface area contributed by atoms with Gasteiger partial charge in [-0.15, -0.1) is 0 Å². The highest BCUT2D eigenvalue weighted by molar-refractivity contribution is 7.00. The van der Waals surface area contributed by atoms with Crippen molar-refractivity contribution in [3.63, 3.8) is 0 Å². The van der Waals surface area contributed by atoms with Crippen LogP contribution >= 0.6 is 0 Å². The van der Waals surface area contributed by atoms with Crippen LogP contribution in [-0.2, 0) is 10.8 Å². The van der Waals surface area contributed by atoms with Gasteiger partial charge < -0.3 is 14.4 Å². The van der Waals surface area contributed by atoms with Crippen molar-refractivity contribution in [1.29, 1.82) is 0 Å². The number of hydrogen-bond acceptors (Lipinski definition) is 2. The van der Waals surface area contributed by atoms with E-state index in [0.29, 0.717) is 17.5 Å². The molecule has 0 saturated heterocycles. The quantitative estimate of drug-likeness (QED) is 0.116. The second kappa shape index (κ2) is 20.4. The molecule has 8 aromatic carbocycles. The maximum absolute atomic E-state index is 9.70. The van der Waals surface area contributed by atoms with Gasteiger partial charge in [0.15, 0.2) is 0 Å². The molecule has 0 N–H and O–H groups in total. The fourth-order valence-corrected chi connectivity index (χ4v) is 14.9. The normalized spacial score (nSPS) is 21.2. The lowest BCUT2D eigenvalue weighted by atomic mass is 9.33. The molecule has 1 aromatic heterocycles. The summed E-state index contributed by atoms with van der Waals surface area (Å²) < 4.78 is 76.2. The van der Waals surface area contributed by atoms with Crippen molar-refractivity contribution < 1.29 is 11.0 Å². The van der Waals surface area contributed by atoms with Gasteiger partial charge in [-0.05, 0) is 191 Å². The van der Waals surface area contributed by atoms with Gasteiger partial charge in [-0.3, -0.25) is 0 Å². The standard InChI is InChI=1S/C79H82BN3/c1-51-39-41-66-70(43-51)82(75-62(52-27-15-11-16-28-52)44-56(77(2,3)4)45-63(75)53-29-17-12-18-30-53)72-48-58(79(8,9)10)49-73-74(72)80(66)67-42-40-59(81-68-37-25-23-35-60(68)61-36-24-26-38-69(61)81)50-71(67)83(73)76-64(54-31-19-13-20-32-54)46-57(78(5,6)7)47-65(76)55-33-21-14-22-34-55/h11,13-15,19-26,29,31-44,46-50,52,56,63,75H,12,16-18,27-28,30,45H2,1-10H3/i23D,24D,25D,26D,35D,36D,37D,38D. The SMILES string of the molecule is [2H]c1c([2H])c([2H])c2c(c1[2H])c1c([2H])c([2H])c([2H])c([2H])c1n2-c1ccc2c(c1)N(c1c(-c3ccccc3)cc(C(C)(C)C)cc1-c1ccccc1)c1cc(C(C)(C)C)cc3c1B2c1ccc(C)cc1N3C1C(C2CC=CCC2)=CC(C(C)(C)C)CC1C1=CCCCC1. The number of benzene rings is 8. The van der Waals surface area contributed by atoms with E-state index in [2.05, 4.69) is 219 Å². The Balaban J connectivity index is 1.17. The van der Waals surface area contributed by atoms with E-state index in [1.165, 1.54) is 51.8 Å². The molecular weight excluding hydrogens is 1000 g/mol. The Kier molecular flexibility index (Phi) is 11.0. The van der Waals surface area contributed by atoms with Crippen molar-refractivity contribution in [3.05, 3.63) is 222 Å². The highest BCUT2D eigenvalue weighted by Gasteiger charge is 2.50. The van der Waals surface area contributed by atoms with Crippen LogP contribution in [0.3, 0.4) is 0 Å². The van der Waals surface area contributed by atoms with E-state index in [9.17, 15) is 5.48 Å². The molecule has 0 fully saturated rings. The van der Waals surface area contributed by atoms with Gasteiger partial charge in [-0.2, -0.15) is 0 Å². The molecular formula is C79H82BN3. The first kappa shape index (κ1) is 45.0. The molecule has 14 rings (SSSR count). The van der Waals surface area contributed by atoms with E-state index in [1.54, 1.807) is 15.7 Å². The highest BCUT2D eigenvalue weighted by atomic mass is 15.2. The van der Waals surface area contributed by atoms with Crippen molar-refractivity contribution in [1.82, 2.24) is 4.57 Å². The number of aryl methyl sites for hydroxylation is 1. The summed E-state index contributed by atoms with van der Waals surface area (Å²) in [5, 5.41) is 0.104. The fourth-order valence-electron chi connectivity index (χ4n) is 14.9. The summed E-state index contributed by atoms with van der Waals surface area (Å²) in [6, 6.07) is 41.6. The van der Waals surface area contributed by atoms with Gasteiger partial charge in [-0.1, -0.05) is 207 Å². The minimum atomic E-state index is -0.467. The highest BCUT2D eigenvalue weighted by Crippen LogP contribution is 2.55. The third-order valence-electron chi connectivity index (χ3n) is 19.3. The number of para-hydroxylation sites is 2. The molecule has 4 atom stereocenters. The Morgan fingerprint density at radius 2 is 1.20 bits per heavy atom. The maximum atomic E-state index is 9.70. The zero-order chi connectivity index (χ0) is 64.1. The predicted molar refractivity (Wildman–Crippen MR) is 358 cm³/mol. The third kappa shape index (κ3) is 9.17. The smallest absolute Gasteiger partial charge is 0.252 e. The molecule has 3 aliphatic carbocycles. The average Bonchev–Trinajstić information content (AvgIpc) is 1.38. The van der Waals surface area contributed by atoms with Crippen LogP contribution in [0.5, 0.6) is 0 Å². The Morgan fingerprint density at radius 3 is 1.81 bits per heavy atom. The molecule has 9 aromatic rings. The molecule has 4 unspecified atom stereocenters. The molecule has 83 heavy (non-hydrogen) atoms. The van der Waals surface area contributed by atoms with Crippen LogP contribution in [0.4, 0.5) is 28.4 Å². The molecule has 4 heteroatoms. The van der Waals surface area contributed by atoms with Crippen molar-refractivity contribution in [3.8, 4) is 27.9 Å². The maximum Gasteiger partial charge on any atom is 0.252 e. The first-order valence-electron chi connectivity index (χ1n) is 34.7. The van der Waals surface area contributed by atoms with Gasteiger partial charge in [0.2, 0.25) is 0 Å². The van der Waals surface area contributed by atoms with Gasteiger partial charge >= 0.3 is 0 Å². The van der Waals surface area contributed by atoms with Crippen molar-refractivity contribution in [2.24, 2.45) is 23.2 Å². The second-order valence-electron chi connectivity index (χ2n) is 27.7. The largest absolute Gasteiger partial charge is 0.334 e. The van der Waals surface area contributed by atoms with Crippen LogP contribution in [0.2, 0.25) is 0 Å². The summed E-state index contributed by atoms with van der Waals surface area (Å²) in [5.41, 5.74) is 19.8. The Hall–Kier alpha value is -7.56. The average molecular weight is 1090 g/mol. The number of hydrogen-bond donors (Lipinski definition) is 0. The summed E-state index contributed by atoms with van der Waals surface area (Å²) in [6.45, 7) is 23.1. The molecule has 0 amide bonds. The molecule has 3 nitrogen and oxygen atoms in total.